The van der Waals surface area contributed by atoms with E-state index in [-0.39, 0.29) is 28.4 Å². The first-order valence-corrected chi connectivity index (χ1v) is 12.1. The Morgan fingerprint density at radius 3 is 2.12 bits per heavy atom. The lowest BCUT2D eigenvalue weighted by atomic mass is 10.1. The number of non-ortho nitro benzene ring substituents is 1. The summed E-state index contributed by atoms with van der Waals surface area (Å²) in [5.74, 6) is -2.06. The predicted molar refractivity (Wildman–Crippen MR) is 150 cm³/mol. The normalized spacial score (nSPS) is 11.1. The molecule has 4 aromatic carbocycles. The van der Waals surface area contributed by atoms with Gasteiger partial charge >= 0.3 is 5.97 Å². The molecule has 2 amide bonds. The van der Waals surface area contributed by atoms with Crippen LogP contribution in [0.4, 0.5) is 5.69 Å². The highest BCUT2D eigenvalue weighted by Crippen LogP contribution is 2.20. The van der Waals surface area contributed by atoms with Crippen LogP contribution in [0.15, 0.2) is 114 Å². The molecule has 0 aromatic heterocycles. The molecule has 204 valence electrons. The number of amides is 2. The Kier molecular flexibility index (Phi) is 8.93. The summed E-state index contributed by atoms with van der Waals surface area (Å²) in [7, 11) is 0. The number of hydrogen-bond acceptors (Lipinski definition) is 8. The SMILES string of the molecule is O=C(N/N=C/c1ccccc1OC(=O)c1ccc([N+](=O)[O-])cc1)/C(=C/c1ccccc1O)NC(=O)c1ccccc1. The van der Waals surface area contributed by atoms with Crippen LogP contribution in [0.2, 0.25) is 0 Å². The van der Waals surface area contributed by atoms with Crippen molar-refractivity contribution in [3.63, 3.8) is 0 Å². The molecule has 0 heterocycles. The fourth-order valence-corrected chi connectivity index (χ4v) is 3.49. The summed E-state index contributed by atoms with van der Waals surface area (Å²) in [4.78, 5) is 48.6. The number of hydrogen-bond donors (Lipinski definition) is 3. The molecule has 0 aliphatic rings. The maximum atomic E-state index is 13.0. The summed E-state index contributed by atoms with van der Waals surface area (Å²) in [6.07, 6.45) is 2.55. The third-order valence-corrected chi connectivity index (χ3v) is 5.57. The van der Waals surface area contributed by atoms with Gasteiger partial charge in [0, 0.05) is 28.8 Å². The summed E-state index contributed by atoms with van der Waals surface area (Å²) in [6, 6.07) is 25.9. The van der Waals surface area contributed by atoms with Crippen molar-refractivity contribution in [3.05, 3.63) is 141 Å². The van der Waals surface area contributed by atoms with Crippen molar-refractivity contribution in [2.75, 3.05) is 0 Å². The largest absolute Gasteiger partial charge is 0.507 e. The van der Waals surface area contributed by atoms with Crippen LogP contribution in [0.1, 0.15) is 31.8 Å². The van der Waals surface area contributed by atoms with E-state index in [1.807, 2.05) is 0 Å². The van der Waals surface area contributed by atoms with E-state index in [4.69, 9.17) is 4.74 Å². The number of nitro groups is 1. The molecule has 0 spiro atoms. The second kappa shape index (κ2) is 13.1. The van der Waals surface area contributed by atoms with Crippen LogP contribution in [0.25, 0.3) is 6.08 Å². The van der Waals surface area contributed by atoms with E-state index in [2.05, 4.69) is 15.8 Å². The molecule has 0 aliphatic heterocycles. The van der Waals surface area contributed by atoms with Gasteiger partial charge in [0.15, 0.2) is 0 Å². The molecule has 0 atom stereocenters. The minimum atomic E-state index is -0.783. The predicted octanol–water partition coefficient (Wildman–Crippen LogP) is 4.44. The summed E-state index contributed by atoms with van der Waals surface area (Å²) < 4.78 is 5.42. The van der Waals surface area contributed by atoms with Crippen molar-refractivity contribution < 1.29 is 29.2 Å². The van der Waals surface area contributed by atoms with Gasteiger partial charge in [-0.25, -0.2) is 10.2 Å². The molecule has 3 N–H and O–H groups in total. The molecular weight excluding hydrogens is 528 g/mol. The van der Waals surface area contributed by atoms with Crippen LogP contribution in [0, 0.1) is 10.1 Å². The lowest BCUT2D eigenvalue weighted by Gasteiger charge is -2.10. The second-order valence-corrected chi connectivity index (χ2v) is 8.37. The number of para-hydroxylation sites is 2. The Morgan fingerprint density at radius 2 is 1.44 bits per heavy atom. The Balaban J connectivity index is 1.50. The molecule has 0 radical (unpaired) electrons. The van der Waals surface area contributed by atoms with Crippen molar-refractivity contribution in [1.82, 2.24) is 10.7 Å². The average Bonchev–Trinajstić information content (AvgIpc) is 2.99. The number of carbonyl (C=O) groups is 3. The van der Waals surface area contributed by atoms with Crippen LogP contribution in [-0.4, -0.2) is 34.0 Å². The van der Waals surface area contributed by atoms with Crippen molar-refractivity contribution in [2.45, 2.75) is 0 Å². The second-order valence-electron chi connectivity index (χ2n) is 8.37. The Hall–Kier alpha value is -6.10. The minimum absolute atomic E-state index is 0.0981. The zero-order valence-corrected chi connectivity index (χ0v) is 21.3. The summed E-state index contributed by atoms with van der Waals surface area (Å²) >= 11 is 0. The molecule has 0 unspecified atom stereocenters. The van der Waals surface area contributed by atoms with Gasteiger partial charge in [0.25, 0.3) is 17.5 Å². The highest BCUT2D eigenvalue weighted by molar-refractivity contribution is 6.05. The van der Waals surface area contributed by atoms with Crippen molar-refractivity contribution in [2.24, 2.45) is 5.10 Å². The van der Waals surface area contributed by atoms with E-state index in [1.165, 1.54) is 48.7 Å². The zero-order valence-electron chi connectivity index (χ0n) is 21.3. The Bertz CT molecular complexity index is 1650. The van der Waals surface area contributed by atoms with E-state index in [0.29, 0.717) is 16.7 Å². The van der Waals surface area contributed by atoms with Gasteiger partial charge in [-0.3, -0.25) is 19.7 Å². The number of rotatable bonds is 9. The molecule has 0 aliphatic carbocycles. The minimum Gasteiger partial charge on any atom is -0.507 e. The van der Waals surface area contributed by atoms with Gasteiger partial charge < -0.3 is 15.2 Å². The third kappa shape index (κ3) is 7.48. The van der Waals surface area contributed by atoms with Crippen LogP contribution < -0.4 is 15.5 Å². The van der Waals surface area contributed by atoms with Crippen molar-refractivity contribution in [1.29, 1.82) is 0 Å². The van der Waals surface area contributed by atoms with E-state index in [9.17, 15) is 29.6 Å². The number of ether oxygens (including phenoxy) is 1. The standard InChI is InChI=1S/C30H22N4O7/c35-26-12-6-4-10-22(26)18-25(32-28(36)20-8-2-1-3-9-20)29(37)33-31-19-23-11-5-7-13-27(23)41-30(38)21-14-16-24(17-15-21)34(39)40/h1-19,35H,(H,32,36)(H,33,37)/b25-18-,31-19+. The fraction of sp³-hybridized carbons (Fsp3) is 0. The molecule has 0 bridgehead atoms. The number of esters is 1. The van der Waals surface area contributed by atoms with Crippen LogP contribution in [0.5, 0.6) is 11.5 Å². The number of benzene rings is 4. The first-order chi connectivity index (χ1) is 19.8. The maximum Gasteiger partial charge on any atom is 0.343 e. The number of nitro benzene ring substituents is 1. The van der Waals surface area contributed by atoms with Crippen LogP contribution >= 0.6 is 0 Å². The summed E-state index contributed by atoms with van der Waals surface area (Å²) in [5.41, 5.74) is 3.01. The number of carbonyl (C=O) groups excluding carboxylic acids is 3. The molecule has 41 heavy (non-hydrogen) atoms. The molecule has 11 heteroatoms. The van der Waals surface area contributed by atoms with Gasteiger partial charge in [0.05, 0.1) is 16.7 Å². The fourth-order valence-electron chi connectivity index (χ4n) is 3.49. The Labute approximate surface area is 233 Å². The molecule has 0 saturated carbocycles. The zero-order chi connectivity index (χ0) is 29.2. The van der Waals surface area contributed by atoms with Crippen LogP contribution in [0.3, 0.4) is 0 Å². The highest BCUT2D eigenvalue weighted by Gasteiger charge is 2.16. The molecule has 0 fully saturated rings. The van der Waals surface area contributed by atoms with E-state index in [1.54, 1.807) is 66.7 Å². The van der Waals surface area contributed by atoms with Crippen molar-refractivity contribution in [3.8, 4) is 11.5 Å². The first kappa shape index (κ1) is 27.9. The van der Waals surface area contributed by atoms with E-state index >= 15 is 0 Å². The number of phenols is 1. The number of phenolic OH excluding ortho intramolecular Hbond substituents is 1. The van der Waals surface area contributed by atoms with Gasteiger partial charge in [-0.1, -0.05) is 48.5 Å². The van der Waals surface area contributed by atoms with Gasteiger partial charge in [0.1, 0.15) is 17.2 Å². The van der Waals surface area contributed by atoms with Gasteiger partial charge in [0.2, 0.25) is 0 Å². The highest BCUT2D eigenvalue weighted by atomic mass is 16.6. The Morgan fingerprint density at radius 1 is 0.805 bits per heavy atom. The number of aromatic hydroxyl groups is 1. The first-order valence-electron chi connectivity index (χ1n) is 12.1. The molecule has 0 saturated heterocycles. The quantitative estimate of drug-likeness (QED) is 0.0693. The average molecular weight is 551 g/mol. The van der Waals surface area contributed by atoms with E-state index in [0.717, 1.165) is 0 Å². The van der Waals surface area contributed by atoms with Gasteiger partial charge in [-0.15, -0.1) is 0 Å². The monoisotopic (exact) mass is 550 g/mol. The van der Waals surface area contributed by atoms with E-state index < -0.39 is 22.7 Å². The number of nitrogens with zero attached hydrogens (tertiary/aromatic N) is 2. The van der Waals surface area contributed by atoms with Gasteiger partial charge in [-0.05, 0) is 48.5 Å². The number of nitrogens with one attached hydrogen (secondary N) is 2. The summed E-state index contributed by atoms with van der Waals surface area (Å²) in [6.45, 7) is 0. The smallest absolute Gasteiger partial charge is 0.343 e. The number of hydrazone groups is 1. The topological polar surface area (TPSA) is 160 Å². The molecular formula is C30H22N4O7. The molecule has 11 nitrogen and oxygen atoms in total. The third-order valence-electron chi connectivity index (χ3n) is 5.57. The lowest BCUT2D eigenvalue weighted by molar-refractivity contribution is -0.384. The van der Waals surface area contributed by atoms with Gasteiger partial charge in [-0.2, -0.15) is 5.10 Å². The van der Waals surface area contributed by atoms with Crippen LogP contribution in [-0.2, 0) is 4.79 Å². The summed E-state index contributed by atoms with van der Waals surface area (Å²) in [5, 5.41) is 27.5. The molecule has 4 aromatic rings. The molecule has 4 rings (SSSR count). The lowest BCUT2D eigenvalue weighted by Crippen LogP contribution is -2.32. The maximum absolute atomic E-state index is 13.0. The van der Waals surface area contributed by atoms with Crippen molar-refractivity contribution >= 4 is 35.8 Å².